The minimum atomic E-state index is -0.0677. The molecule has 16 heavy (non-hydrogen) atoms. The van der Waals surface area contributed by atoms with E-state index in [1.807, 2.05) is 0 Å². The lowest BCUT2D eigenvalue weighted by Crippen LogP contribution is -2.45. The highest BCUT2D eigenvalue weighted by Crippen LogP contribution is 2.07. The molecule has 1 atom stereocenters. The van der Waals surface area contributed by atoms with Crippen LogP contribution in [-0.2, 0) is 9.59 Å². The molecule has 92 valence electrons. The molecule has 0 spiro atoms. The minimum absolute atomic E-state index is 0.0484. The summed E-state index contributed by atoms with van der Waals surface area (Å²) in [6, 6.07) is -0.0557. The van der Waals surface area contributed by atoms with E-state index in [0.717, 1.165) is 25.8 Å². The summed E-state index contributed by atoms with van der Waals surface area (Å²) in [7, 11) is 0. The van der Waals surface area contributed by atoms with Gasteiger partial charge in [0.2, 0.25) is 11.8 Å². The molecule has 0 aromatic carbocycles. The standard InChI is InChI=1S/C11H21N3O2/c1-9(15)12-7-8-14-11(16)10-5-3-2-4-6-13-10/h10,13H,2-8H2,1H3,(H,12,15)(H,14,16). The maximum Gasteiger partial charge on any atom is 0.237 e. The van der Waals surface area contributed by atoms with Gasteiger partial charge in [0.1, 0.15) is 0 Å². The normalized spacial score (nSPS) is 20.9. The minimum Gasteiger partial charge on any atom is -0.355 e. The molecule has 1 rings (SSSR count). The first-order valence-electron chi connectivity index (χ1n) is 5.95. The Kier molecular flexibility index (Phi) is 5.85. The van der Waals surface area contributed by atoms with Crippen LogP contribution in [0.3, 0.4) is 0 Å². The van der Waals surface area contributed by atoms with Crippen molar-refractivity contribution in [3.8, 4) is 0 Å². The number of hydrogen-bond acceptors (Lipinski definition) is 3. The molecule has 1 saturated heterocycles. The van der Waals surface area contributed by atoms with Crippen LogP contribution in [-0.4, -0.2) is 37.5 Å². The first kappa shape index (κ1) is 13.0. The van der Waals surface area contributed by atoms with Gasteiger partial charge < -0.3 is 16.0 Å². The van der Waals surface area contributed by atoms with Crippen LogP contribution in [0.1, 0.15) is 32.6 Å². The van der Waals surface area contributed by atoms with E-state index in [2.05, 4.69) is 16.0 Å². The zero-order valence-corrected chi connectivity index (χ0v) is 9.84. The number of rotatable bonds is 4. The van der Waals surface area contributed by atoms with Gasteiger partial charge in [0.15, 0.2) is 0 Å². The Morgan fingerprint density at radius 1 is 1.19 bits per heavy atom. The quantitative estimate of drug-likeness (QED) is 0.581. The number of amides is 2. The SMILES string of the molecule is CC(=O)NCCNC(=O)C1CCCCCN1. The first-order chi connectivity index (χ1) is 7.70. The van der Waals surface area contributed by atoms with E-state index in [0.29, 0.717) is 13.1 Å². The highest BCUT2D eigenvalue weighted by Gasteiger charge is 2.18. The summed E-state index contributed by atoms with van der Waals surface area (Å²) < 4.78 is 0. The lowest BCUT2D eigenvalue weighted by Gasteiger charge is -2.15. The van der Waals surface area contributed by atoms with Crippen molar-refractivity contribution in [3.05, 3.63) is 0 Å². The van der Waals surface area contributed by atoms with Gasteiger partial charge in [-0.05, 0) is 19.4 Å². The van der Waals surface area contributed by atoms with Crippen LogP contribution in [0.4, 0.5) is 0 Å². The number of carbonyl (C=O) groups excluding carboxylic acids is 2. The summed E-state index contributed by atoms with van der Waals surface area (Å²) in [6.07, 6.45) is 4.36. The Bertz CT molecular complexity index is 235. The molecule has 1 unspecified atom stereocenters. The fourth-order valence-electron chi connectivity index (χ4n) is 1.80. The molecular weight excluding hydrogens is 206 g/mol. The average molecular weight is 227 g/mol. The van der Waals surface area contributed by atoms with Crippen molar-refractivity contribution in [1.29, 1.82) is 0 Å². The van der Waals surface area contributed by atoms with Gasteiger partial charge in [-0.2, -0.15) is 0 Å². The molecule has 2 amide bonds. The molecule has 5 nitrogen and oxygen atoms in total. The monoisotopic (exact) mass is 227 g/mol. The second-order valence-electron chi connectivity index (χ2n) is 4.13. The second kappa shape index (κ2) is 7.22. The highest BCUT2D eigenvalue weighted by molar-refractivity contribution is 5.81. The van der Waals surface area contributed by atoms with E-state index in [1.165, 1.54) is 13.3 Å². The molecule has 0 saturated carbocycles. The average Bonchev–Trinajstić information content (AvgIpc) is 2.52. The van der Waals surface area contributed by atoms with Crippen molar-refractivity contribution in [3.63, 3.8) is 0 Å². The Balaban J connectivity index is 2.15. The maximum atomic E-state index is 11.7. The Hall–Kier alpha value is -1.10. The lowest BCUT2D eigenvalue weighted by molar-refractivity contribution is -0.123. The fourth-order valence-corrected chi connectivity index (χ4v) is 1.80. The van der Waals surface area contributed by atoms with Gasteiger partial charge in [-0.1, -0.05) is 12.8 Å². The van der Waals surface area contributed by atoms with Crippen molar-refractivity contribution in [1.82, 2.24) is 16.0 Å². The van der Waals surface area contributed by atoms with Crippen molar-refractivity contribution in [2.24, 2.45) is 0 Å². The topological polar surface area (TPSA) is 70.2 Å². The predicted molar refractivity (Wildman–Crippen MR) is 62.0 cm³/mol. The van der Waals surface area contributed by atoms with E-state index < -0.39 is 0 Å². The van der Waals surface area contributed by atoms with Crippen LogP contribution in [0, 0.1) is 0 Å². The predicted octanol–water partition coefficient (Wildman–Crippen LogP) is -0.229. The van der Waals surface area contributed by atoms with Gasteiger partial charge in [0, 0.05) is 20.0 Å². The molecule has 0 bridgehead atoms. The maximum absolute atomic E-state index is 11.7. The third kappa shape index (κ3) is 5.11. The number of nitrogens with one attached hydrogen (secondary N) is 3. The summed E-state index contributed by atoms with van der Waals surface area (Å²) in [5.41, 5.74) is 0. The van der Waals surface area contributed by atoms with Crippen LogP contribution >= 0.6 is 0 Å². The molecule has 0 aromatic rings. The largest absolute Gasteiger partial charge is 0.355 e. The van der Waals surface area contributed by atoms with Crippen molar-refractivity contribution in [2.75, 3.05) is 19.6 Å². The van der Waals surface area contributed by atoms with Crippen LogP contribution < -0.4 is 16.0 Å². The zero-order chi connectivity index (χ0) is 11.8. The highest BCUT2D eigenvalue weighted by atomic mass is 16.2. The van der Waals surface area contributed by atoms with Gasteiger partial charge in [-0.3, -0.25) is 9.59 Å². The van der Waals surface area contributed by atoms with Gasteiger partial charge >= 0.3 is 0 Å². The fraction of sp³-hybridized carbons (Fsp3) is 0.818. The molecule has 0 aliphatic carbocycles. The molecule has 1 fully saturated rings. The summed E-state index contributed by atoms with van der Waals surface area (Å²) in [4.78, 5) is 22.3. The Morgan fingerprint density at radius 2 is 1.94 bits per heavy atom. The van der Waals surface area contributed by atoms with Crippen LogP contribution in [0.2, 0.25) is 0 Å². The van der Waals surface area contributed by atoms with Crippen molar-refractivity contribution < 1.29 is 9.59 Å². The Labute approximate surface area is 96.4 Å². The zero-order valence-electron chi connectivity index (χ0n) is 9.84. The van der Waals surface area contributed by atoms with Gasteiger partial charge in [-0.25, -0.2) is 0 Å². The molecule has 0 aromatic heterocycles. The van der Waals surface area contributed by atoms with E-state index in [1.54, 1.807) is 0 Å². The van der Waals surface area contributed by atoms with Crippen LogP contribution in [0.5, 0.6) is 0 Å². The van der Waals surface area contributed by atoms with E-state index in [4.69, 9.17) is 0 Å². The summed E-state index contributed by atoms with van der Waals surface area (Å²) in [6.45, 7) is 3.38. The molecule has 0 radical (unpaired) electrons. The smallest absolute Gasteiger partial charge is 0.237 e. The van der Waals surface area contributed by atoms with Crippen molar-refractivity contribution in [2.45, 2.75) is 38.6 Å². The second-order valence-corrected chi connectivity index (χ2v) is 4.13. The molecule has 1 heterocycles. The first-order valence-corrected chi connectivity index (χ1v) is 5.95. The van der Waals surface area contributed by atoms with Gasteiger partial charge in [0.05, 0.1) is 6.04 Å². The number of carbonyl (C=O) groups is 2. The van der Waals surface area contributed by atoms with E-state index in [9.17, 15) is 9.59 Å². The third-order valence-corrected chi connectivity index (χ3v) is 2.67. The molecule has 1 aliphatic heterocycles. The van der Waals surface area contributed by atoms with Crippen molar-refractivity contribution >= 4 is 11.8 Å². The molecule has 5 heteroatoms. The van der Waals surface area contributed by atoms with Crippen LogP contribution in [0.15, 0.2) is 0 Å². The number of hydrogen-bond donors (Lipinski definition) is 3. The summed E-state index contributed by atoms with van der Waals surface area (Å²) in [5.74, 6) is -0.0194. The molecule has 3 N–H and O–H groups in total. The molecular formula is C11H21N3O2. The van der Waals surface area contributed by atoms with Crippen LogP contribution in [0.25, 0.3) is 0 Å². The lowest BCUT2D eigenvalue weighted by atomic mass is 10.1. The van der Waals surface area contributed by atoms with E-state index >= 15 is 0 Å². The molecule has 1 aliphatic rings. The third-order valence-electron chi connectivity index (χ3n) is 2.67. The summed E-state index contributed by atoms with van der Waals surface area (Å²) >= 11 is 0. The Morgan fingerprint density at radius 3 is 2.69 bits per heavy atom. The van der Waals surface area contributed by atoms with E-state index in [-0.39, 0.29) is 17.9 Å². The summed E-state index contributed by atoms with van der Waals surface area (Å²) in [5, 5.41) is 8.69. The van der Waals surface area contributed by atoms with Gasteiger partial charge in [-0.15, -0.1) is 0 Å². The van der Waals surface area contributed by atoms with Gasteiger partial charge in [0.25, 0.3) is 0 Å².